The molecule has 0 radical (unpaired) electrons. The summed E-state index contributed by atoms with van der Waals surface area (Å²) in [6.45, 7) is 12.7. The second-order valence-corrected chi connectivity index (χ2v) is 7.04. The number of amides is 1. The standard InChI is InChI=1S/C16H30N4O/c1-13-3-4-14(2)20(13)10-7-18-5-8-19(9-6-18)16(21)15-11-17-12-15/h13-15,17H,3-12H2,1-2H3. The third-order valence-electron chi connectivity index (χ3n) is 5.62. The van der Waals surface area contributed by atoms with Crippen LogP contribution in [0, 0.1) is 5.92 Å². The molecule has 0 saturated carbocycles. The van der Waals surface area contributed by atoms with E-state index in [1.54, 1.807) is 0 Å². The number of piperazine rings is 1. The molecule has 0 spiro atoms. The van der Waals surface area contributed by atoms with Gasteiger partial charge in [0.25, 0.3) is 0 Å². The number of nitrogens with one attached hydrogen (secondary N) is 1. The van der Waals surface area contributed by atoms with Gasteiger partial charge >= 0.3 is 0 Å². The van der Waals surface area contributed by atoms with Crippen molar-refractivity contribution >= 4 is 5.91 Å². The Bertz CT molecular complexity index is 353. The van der Waals surface area contributed by atoms with Crippen molar-refractivity contribution in [3.05, 3.63) is 0 Å². The van der Waals surface area contributed by atoms with Gasteiger partial charge in [-0.15, -0.1) is 0 Å². The third-order valence-corrected chi connectivity index (χ3v) is 5.62. The van der Waals surface area contributed by atoms with Crippen LogP contribution in [0.3, 0.4) is 0 Å². The molecule has 0 bridgehead atoms. The topological polar surface area (TPSA) is 38.8 Å². The highest BCUT2D eigenvalue weighted by atomic mass is 16.2. The van der Waals surface area contributed by atoms with Crippen LogP contribution >= 0.6 is 0 Å². The average molecular weight is 294 g/mol. The fourth-order valence-electron chi connectivity index (χ4n) is 3.86. The average Bonchev–Trinajstić information content (AvgIpc) is 2.74. The number of hydrogen-bond donors (Lipinski definition) is 1. The molecule has 0 aromatic carbocycles. The summed E-state index contributed by atoms with van der Waals surface area (Å²) >= 11 is 0. The maximum atomic E-state index is 12.2. The molecular weight excluding hydrogens is 264 g/mol. The lowest BCUT2D eigenvalue weighted by molar-refractivity contribution is -0.138. The number of likely N-dealkylation sites (tertiary alicyclic amines) is 1. The van der Waals surface area contributed by atoms with Crippen LogP contribution in [0.15, 0.2) is 0 Å². The van der Waals surface area contributed by atoms with E-state index in [0.29, 0.717) is 5.91 Å². The lowest BCUT2D eigenvalue weighted by atomic mass is 10.0. The van der Waals surface area contributed by atoms with Gasteiger partial charge in [-0.05, 0) is 26.7 Å². The zero-order valence-electron chi connectivity index (χ0n) is 13.6. The minimum atomic E-state index is 0.253. The Balaban J connectivity index is 1.38. The molecule has 0 aromatic heterocycles. The van der Waals surface area contributed by atoms with E-state index in [9.17, 15) is 4.79 Å². The normalized spacial score (nSPS) is 32.4. The predicted molar refractivity (Wildman–Crippen MR) is 84.2 cm³/mol. The fourth-order valence-corrected chi connectivity index (χ4v) is 3.86. The molecule has 1 amide bonds. The minimum Gasteiger partial charge on any atom is -0.340 e. The Morgan fingerprint density at radius 2 is 1.62 bits per heavy atom. The van der Waals surface area contributed by atoms with Gasteiger partial charge in [-0.2, -0.15) is 0 Å². The van der Waals surface area contributed by atoms with Gasteiger partial charge in [0.1, 0.15) is 0 Å². The Kier molecular flexibility index (Phi) is 4.82. The van der Waals surface area contributed by atoms with Crippen LogP contribution in [-0.2, 0) is 4.79 Å². The quantitative estimate of drug-likeness (QED) is 0.805. The van der Waals surface area contributed by atoms with Gasteiger partial charge < -0.3 is 10.2 Å². The molecule has 5 heteroatoms. The van der Waals surface area contributed by atoms with E-state index < -0.39 is 0 Å². The molecule has 3 heterocycles. The SMILES string of the molecule is CC1CCC(C)N1CCN1CCN(C(=O)C2CNC2)CC1. The van der Waals surface area contributed by atoms with E-state index in [2.05, 4.69) is 33.9 Å². The smallest absolute Gasteiger partial charge is 0.228 e. The van der Waals surface area contributed by atoms with E-state index in [-0.39, 0.29) is 5.92 Å². The van der Waals surface area contributed by atoms with Crippen molar-refractivity contribution in [2.45, 2.75) is 38.8 Å². The Labute approximate surface area is 128 Å². The molecule has 0 aromatic rings. The maximum absolute atomic E-state index is 12.2. The summed E-state index contributed by atoms with van der Waals surface area (Å²) < 4.78 is 0. The first-order valence-corrected chi connectivity index (χ1v) is 8.62. The van der Waals surface area contributed by atoms with Crippen LogP contribution in [0.2, 0.25) is 0 Å². The van der Waals surface area contributed by atoms with Crippen LogP contribution in [0.25, 0.3) is 0 Å². The van der Waals surface area contributed by atoms with Crippen molar-refractivity contribution in [3.63, 3.8) is 0 Å². The summed E-state index contributed by atoms with van der Waals surface area (Å²) in [6, 6.07) is 1.49. The van der Waals surface area contributed by atoms with Crippen molar-refractivity contribution < 1.29 is 4.79 Å². The van der Waals surface area contributed by atoms with Crippen LogP contribution in [-0.4, -0.2) is 85.0 Å². The zero-order chi connectivity index (χ0) is 14.8. The number of carbonyl (C=O) groups excluding carboxylic acids is 1. The summed E-state index contributed by atoms with van der Waals surface area (Å²) in [4.78, 5) is 19.5. The third kappa shape index (κ3) is 3.41. The summed E-state index contributed by atoms with van der Waals surface area (Å²) in [6.07, 6.45) is 2.69. The van der Waals surface area contributed by atoms with E-state index >= 15 is 0 Å². The summed E-state index contributed by atoms with van der Waals surface area (Å²) in [5.74, 6) is 0.623. The molecule has 2 unspecified atom stereocenters. The predicted octanol–water partition coefficient (Wildman–Crippen LogP) is 0.223. The molecule has 3 rings (SSSR count). The van der Waals surface area contributed by atoms with Crippen molar-refractivity contribution in [1.82, 2.24) is 20.0 Å². The number of carbonyl (C=O) groups is 1. The molecule has 3 saturated heterocycles. The second kappa shape index (κ2) is 6.63. The summed E-state index contributed by atoms with van der Waals surface area (Å²) in [5.41, 5.74) is 0. The Morgan fingerprint density at radius 3 is 2.14 bits per heavy atom. The molecule has 2 atom stereocenters. The van der Waals surface area contributed by atoms with Gasteiger partial charge in [0.15, 0.2) is 0 Å². The maximum Gasteiger partial charge on any atom is 0.228 e. The van der Waals surface area contributed by atoms with Crippen LogP contribution < -0.4 is 5.32 Å². The van der Waals surface area contributed by atoms with Gasteiger partial charge in [-0.3, -0.25) is 14.6 Å². The number of nitrogens with zero attached hydrogens (tertiary/aromatic N) is 3. The molecule has 3 aliphatic heterocycles. The first kappa shape index (κ1) is 15.3. The number of rotatable bonds is 4. The Morgan fingerprint density at radius 1 is 1.00 bits per heavy atom. The summed E-state index contributed by atoms with van der Waals surface area (Å²) in [7, 11) is 0. The van der Waals surface area contributed by atoms with Crippen LogP contribution in [0.4, 0.5) is 0 Å². The van der Waals surface area contributed by atoms with Gasteiger partial charge in [0.05, 0.1) is 5.92 Å². The van der Waals surface area contributed by atoms with Crippen molar-refractivity contribution in [2.75, 3.05) is 52.4 Å². The zero-order valence-corrected chi connectivity index (χ0v) is 13.6. The highest BCUT2D eigenvalue weighted by Crippen LogP contribution is 2.23. The molecule has 21 heavy (non-hydrogen) atoms. The lowest BCUT2D eigenvalue weighted by Crippen LogP contribution is -2.57. The van der Waals surface area contributed by atoms with Crippen molar-refractivity contribution in [2.24, 2.45) is 5.92 Å². The molecule has 120 valence electrons. The largest absolute Gasteiger partial charge is 0.340 e. The molecular formula is C16H30N4O. The first-order valence-electron chi connectivity index (χ1n) is 8.62. The Hall–Kier alpha value is -0.650. The van der Waals surface area contributed by atoms with Crippen molar-refractivity contribution in [3.8, 4) is 0 Å². The summed E-state index contributed by atoms with van der Waals surface area (Å²) in [5, 5.41) is 3.19. The molecule has 0 aliphatic carbocycles. The second-order valence-electron chi connectivity index (χ2n) is 7.04. The lowest BCUT2D eigenvalue weighted by Gasteiger charge is -2.39. The molecule has 3 fully saturated rings. The minimum absolute atomic E-state index is 0.253. The van der Waals surface area contributed by atoms with Gasteiger partial charge in [0, 0.05) is 64.4 Å². The van der Waals surface area contributed by atoms with E-state index in [1.165, 1.54) is 19.4 Å². The monoisotopic (exact) mass is 294 g/mol. The van der Waals surface area contributed by atoms with E-state index in [0.717, 1.165) is 57.9 Å². The van der Waals surface area contributed by atoms with Crippen molar-refractivity contribution in [1.29, 1.82) is 0 Å². The van der Waals surface area contributed by atoms with Gasteiger partial charge in [-0.25, -0.2) is 0 Å². The first-order chi connectivity index (χ1) is 10.1. The van der Waals surface area contributed by atoms with E-state index in [4.69, 9.17) is 0 Å². The highest BCUT2D eigenvalue weighted by molar-refractivity contribution is 5.80. The molecule has 1 N–H and O–H groups in total. The van der Waals surface area contributed by atoms with Crippen LogP contribution in [0.5, 0.6) is 0 Å². The van der Waals surface area contributed by atoms with Gasteiger partial charge in [-0.1, -0.05) is 0 Å². The fraction of sp³-hybridized carbons (Fsp3) is 0.938. The number of hydrogen-bond acceptors (Lipinski definition) is 4. The molecule has 5 nitrogen and oxygen atoms in total. The van der Waals surface area contributed by atoms with Crippen LogP contribution in [0.1, 0.15) is 26.7 Å². The molecule has 3 aliphatic rings. The van der Waals surface area contributed by atoms with Gasteiger partial charge in [0.2, 0.25) is 5.91 Å². The highest BCUT2D eigenvalue weighted by Gasteiger charge is 2.31. The van der Waals surface area contributed by atoms with E-state index in [1.807, 2.05) is 0 Å².